The van der Waals surface area contributed by atoms with E-state index in [1.54, 1.807) is 12.3 Å². The first-order valence-corrected chi connectivity index (χ1v) is 10.6. The second-order valence-corrected chi connectivity index (χ2v) is 7.95. The molecule has 0 aliphatic rings. The minimum Gasteiger partial charge on any atom is -0.256 e. The number of fused-ring (bicyclic) bond motifs is 3. The van der Waals surface area contributed by atoms with E-state index < -0.39 is 0 Å². The van der Waals surface area contributed by atoms with Gasteiger partial charge in [0.25, 0.3) is 0 Å². The Hall–Kier alpha value is -4.48. The fourth-order valence-electron chi connectivity index (χ4n) is 4.69. The summed E-state index contributed by atoms with van der Waals surface area (Å²) in [4.78, 5) is 4.69. The van der Waals surface area contributed by atoms with Gasteiger partial charge in [-0.1, -0.05) is 78.9 Å². The van der Waals surface area contributed by atoms with Crippen LogP contribution in [0.2, 0.25) is 0 Å². The monoisotopic (exact) mass is 406 g/mol. The highest BCUT2D eigenvalue weighted by molar-refractivity contribution is 6.23. The first kappa shape index (κ1) is 18.3. The van der Waals surface area contributed by atoms with Crippen molar-refractivity contribution in [2.45, 2.75) is 0 Å². The zero-order valence-corrected chi connectivity index (χ0v) is 17.3. The van der Waals surface area contributed by atoms with Gasteiger partial charge in [0.2, 0.25) is 0 Å². The summed E-state index contributed by atoms with van der Waals surface area (Å²) in [5.41, 5.74) is 4.91. The maximum absolute atomic E-state index is 9.49. The molecule has 0 atom stereocenters. The molecule has 32 heavy (non-hydrogen) atoms. The summed E-state index contributed by atoms with van der Waals surface area (Å²) in [6.45, 7) is 0. The van der Waals surface area contributed by atoms with Gasteiger partial charge >= 0.3 is 0 Å². The summed E-state index contributed by atoms with van der Waals surface area (Å²) in [5.74, 6) is 0. The van der Waals surface area contributed by atoms with E-state index in [2.05, 4.69) is 102 Å². The number of hydrogen-bond acceptors (Lipinski definition) is 2. The number of rotatable bonds is 2. The Morgan fingerprint density at radius 2 is 1.16 bits per heavy atom. The summed E-state index contributed by atoms with van der Waals surface area (Å²) < 4.78 is 0. The molecule has 1 heterocycles. The van der Waals surface area contributed by atoms with Gasteiger partial charge in [0, 0.05) is 11.8 Å². The van der Waals surface area contributed by atoms with Crippen molar-refractivity contribution in [2.24, 2.45) is 0 Å². The second-order valence-electron chi connectivity index (χ2n) is 7.95. The first-order chi connectivity index (χ1) is 15.8. The summed E-state index contributed by atoms with van der Waals surface area (Å²) in [7, 11) is 0. The van der Waals surface area contributed by atoms with Crippen molar-refractivity contribution in [1.29, 1.82) is 5.26 Å². The van der Waals surface area contributed by atoms with Gasteiger partial charge in [-0.25, -0.2) is 0 Å². The van der Waals surface area contributed by atoms with Crippen LogP contribution in [-0.2, 0) is 0 Å². The molecule has 2 heteroatoms. The third-order valence-electron chi connectivity index (χ3n) is 6.10. The fraction of sp³-hybridized carbons (Fsp3) is 0. The number of pyridine rings is 1. The van der Waals surface area contributed by atoms with Crippen LogP contribution in [0.15, 0.2) is 109 Å². The molecular weight excluding hydrogens is 388 g/mol. The maximum atomic E-state index is 9.49. The van der Waals surface area contributed by atoms with Crippen LogP contribution in [-0.4, -0.2) is 4.98 Å². The number of nitrogens with zero attached hydrogens (tertiary/aromatic N) is 2. The smallest absolute Gasteiger partial charge is 0.0992 e. The number of hydrogen-bond donors (Lipinski definition) is 0. The molecule has 0 unspecified atom stereocenters. The van der Waals surface area contributed by atoms with E-state index in [4.69, 9.17) is 0 Å². The average molecular weight is 406 g/mol. The molecule has 0 radical (unpaired) electrons. The molecule has 5 aromatic carbocycles. The van der Waals surface area contributed by atoms with E-state index in [1.807, 2.05) is 6.07 Å². The lowest BCUT2D eigenvalue weighted by atomic mass is 9.86. The zero-order valence-electron chi connectivity index (χ0n) is 17.3. The Labute approximate surface area is 186 Å². The summed E-state index contributed by atoms with van der Waals surface area (Å²) >= 11 is 0. The van der Waals surface area contributed by atoms with Crippen molar-refractivity contribution in [2.75, 3.05) is 0 Å². The highest BCUT2D eigenvalue weighted by atomic mass is 14.7. The van der Waals surface area contributed by atoms with Crippen molar-refractivity contribution in [3.63, 3.8) is 0 Å². The number of nitriles is 1. The summed E-state index contributed by atoms with van der Waals surface area (Å²) in [6.07, 6.45) is 1.72. The minimum atomic E-state index is 0.611. The van der Waals surface area contributed by atoms with Crippen LogP contribution in [0.1, 0.15) is 5.56 Å². The van der Waals surface area contributed by atoms with Crippen molar-refractivity contribution < 1.29 is 0 Å². The zero-order chi connectivity index (χ0) is 21.5. The standard InChI is InChI=1S/C30H18N2/c31-19-20-14-15-32-28(16-20)30-25-13-7-6-12-24(25)29(21-8-2-1-3-9-21)26-17-22-10-4-5-11-23(22)18-27(26)30/h1-18H. The molecule has 0 aliphatic carbocycles. The predicted octanol–water partition coefficient (Wildman–Crippen LogP) is 7.75. The lowest BCUT2D eigenvalue weighted by molar-refractivity contribution is 1.32. The van der Waals surface area contributed by atoms with Crippen molar-refractivity contribution >= 4 is 32.3 Å². The van der Waals surface area contributed by atoms with E-state index in [1.165, 1.54) is 32.7 Å². The molecule has 1 aromatic heterocycles. The highest BCUT2D eigenvalue weighted by Crippen LogP contribution is 2.44. The normalized spacial score (nSPS) is 11.1. The van der Waals surface area contributed by atoms with Crippen molar-refractivity contribution in [3.8, 4) is 28.5 Å². The fourth-order valence-corrected chi connectivity index (χ4v) is 4.69. The molecule has 0 aliphatic heterocycles. The molecule has 0 amide bonds. The minimum absolute atomic E-state index is 0.611. The Bertz CT molecular complexity index is 1680. The van der Waals surface area contributed by atoms with Crippen LogP contribution in [0.25, 0.3) is 54.7 Å². The predicted molar refractivity (Wildman–Crippen MR) is 132 cm³/mol. The maximum Gasteiger partial charge on any atom is 0.0992 e. The Kier molecular flexibility index (Phi) is 4.20. The van der Waals surface area contributed by atoms with Crippen LogP contribution in [0.5, 0.6) is 0 Å². The van der Waals surface area contributed by atoms with E-state index in [-0.39, 0.29) is 0 Å². The molecule has 0 saturated carbocycles. The van der Waals surface area contributed by atoms with Gasteiger partial charge in [-0.2, -0.15) is 5.26 Å². The average Bonchev–Trinajstić information content (AvgIpc) is 2.86. The third kappa shape index (κ3) is 2.84. The summed E-state index contributed by atoms with van der Waals surface area (Å²) in [5, 5.41) is 16.5. The molecule has 0 saturated heterocycles. The van der Waals surface area contributed by atoms with E-state index in [0.29, 0.717) is 5.56 Å². The van der Waals surface area contributed by atoms with Crippen LogP contribution in [0, 0.1) is 11.3 Å². The molecular formula is C30H18N2. The molecule has 2 nitrogen and oxygen atoms in total. The van der Waals surface area contributed by atoms with Crippen LogP contribution in [0.3, 0.4) is 0 Å². The van der Waals surface area contributed by atoms with Gasteiger partial charge in [0.05, 0.1) is 17.3 Å². The number of aromatic nitrogens is 1. The largest absolute Gasteiger partial charge is 0.256 e. The van der Waals surface area contributed by atoms with E-state index in [9.17, 15) is 5.26 Å². The molecule has 0 N–H and O–H groups in total. The first-order valence-electron chi connectivity index (χ1n) is 10.6. The van der Waals surface area contributed by atoms with Gasteiger partial charge in [-0.15, -0.1) is 0 Å². The molecule has 0 bridgehead atoms. The quantitative estimate of drug-likeness (QED) is 0.276. The molecule has 148 valence electrons. The molecule has 6 aromatic rings. The molecule has 0 fully saturated rings. The lowest BCUT2D eigenvalue weighted by Gasteiger charge is -2.18. The summed E-state index contributed by atoms with van der Waals surface area (Å²) in [6, 6.07) is 38.0. The van der Waals surface area contributed by atoms with E-state index in [0.717, 1.165) is 22.0 Å². The lowest BCUT2D eigenvalue weighted by Crippen LogP contribution is -1.93. The van der Waals surface area contributed by atoms with Gasteiger partial charge in [0.1, 0.15) is 0 Å². The highest BCUT2D eigenvalue weighted by Gasteiger charge is 2.18. The number of benzene rings is 5. The Morgan fingerprint density at radius 3 is 1.84 bits per heavy atom. The van der Waals surface area contributed by atoms with Crippen LogP contribution in [0.4, 0.5) is 0 Å². The molecule has 6 rings (SSSR count). The Morgan fingerprint density at radius 1 is 0.562 bits per heavy atom. The van der Waals surface area contributed by atoms with Gasteiger partial charge in [0.15, 0.2) is 0 Å². The van der Waals surface area contributed by atoms with Gasteiger partial charge in [-0.05, 0) is 67.7 Å². The topological polar surface area (TPSA) is 36.7 Å². The second kappa shape index (κ2) is 7.34. The third-order valence-corrected chi connectivity index (χ3v) is 6.10. The Balaban J connectivity index is 1.88. The molecule has 0 spiro atoms. The van der Waals surface area contributed by atoms with Crippen LogP contribution < -0.4 is 0 Å². The van der Waals surface area contributed by atoms with Crippen molar-refractivity contribution in [3.05, 3.63) is 115 Å². The van der Waals surface area contributed by atoms with Crippen molar-refractivity contribution in [1.82, 2.24) is 4.98 Å². The van der Waals surface area contributed by atoms with E-state index >= 15 is 0 Å². The SMILES string of the molecule is N#Cc1ccnc(-c2c3ccccc3c(-c3ccccc3)c3cc4ccccc4cc23)c1. The van der Waals surface area contributed by atoms with Gasteiger partial charge < -0.3 is 0 Å². The van der Waals surface area contributed by atoms with Gasteiger partial charge in [-0.3, -0.25) is 4.98 Å². The van der Waals surface area contributed by atoms with Crippen LogP contribution >= 0.6 is 0 Å².